The summed E-state index contributed by atoms with van der Waals surface area (Å²) in [5, 5.41) is 3.66. The number of aromatic nitrogens is 3. The standard InChI is InChI=1S/C27H29N2O.C18H24NSi.Ir/c1-17(2)18(3)20-14-15-28-25(16-20)23-11-7-10-21-22-12-13-24(19-8-5-4-6-9-19)29-27(22)30-26(21)23;1-14(2)11-16-12-17(15-9-7-6-8-10-15)19-13-18(16)20(3,4)5;/h7,10,12-19H,4-6,8-9H2,1-3H3;6-9,12-14H,11H2,1-5H3;/q2*-1;. The molecule has 4 nitrogen and oxygen atoms in total. The number of furan rings is 1. The topological polar surface area (TPSA) is 51.8 Å². The Labute approximate surface area is 320 Å². The fourth-order valence-electron chi connectivity index (χ4n) is 7.19. The minimum Gasteiger partial charge on any atom is -0.486 e. The summed E-state index contributed by atoms with van der Waals surface area (Å²) >= 11 is 0. The third-order valence-corrected chi connectivity index (χ3v) is 12.4. The molecule has 1 fully saturated rings. The monoisotopic (exact) mass is 872 g/mol. The van der Waals surface area contributed by atoms with Gasteiger partial charge in [-0.2, -0.15) is 0 Å². The minimum atomic E-state index is -1.34. The smallest absolute Gasteiger partial charge is 0.216 e. The molecule has 0 spiro atoms. The predicted octanol–water partition coefficient (Wildman–Crippen LogP) is 11.9. The summed E-state index contributed by atoms with van der Waals surface area (Å²) in [5.74, 6) is 2.29. The minimum absolute atomic E-state index is 0. The Bertz CT molecular complexity index is 2040. The maximum atomic E-state index is 6.33. The molecular weight excluding hydrogens is 819 g/mol. The van der Waals surface area contributed by atoms with Gasteiger partial charge in [0.1, 0.15) is 0 Å². The van der Waals surface area contributed by atoms with E-state index in [1.165, 1.54) is 54.1 Å². The SMILES string of the molecule is CC(C)C(C)c1ccnc(-c2[c-]ccc3c2oc2nc(C4CCCCC4)ccc23)c1.CC(C)Cc1cc(-c2[c-]cccc2)ncc1[Si](C)(C)C.[Ir]. The van der Waals surface area contributed by atoms with Gasteiger partial charge in [0.25, 0.3) is 0 Å². The molecule has 1 aliphatic carbocycles. The zero-order valence-electron chi connectivity index (χ0n) is 31.6. The van der Waals surface area contributed by atoms with Crippen LogP contribution in [0.3, 0.4) is 0 Å². The molecule has 1 atom stereocenters. The Balaban J connectivity index is 0.000000211. The molecule has 269 valence electrons. The van der Waals surface area contributed by atoms with Crippen LogP contribution in [-0.4, -0.2) is 23.0 Å². The van der Waals surface area contributed by atoms with Crippen molar-refractivity contribution in [3.05, 3.63) is 108 Å². The maximum Gasteiger partial charge on any atom is 0.216 e. The van der Waals surface area contributed by atoms with Gasteiger partial charge in [-0.3, -0.25) is 0 Å². The maximum absolute atomic E-state index is 6.33. The third kappa shape index (κ3) is 9.14. The van der Waals surface area contributed by atoms with Crippen molar-refractivity contribution in [3.63, 3.8) is 0 Å². The summed E-state index contributed by atoms with van der Waals surface area (Å²) in [6.45, 7) is 18.5. The molecule has 1 radical (unpaired) electrons. The zero-order chi connectivity index (χ0) is 35.4. The molecule has 51 heavy (non-hydrogen) atoms. The predicted molar refractivity (Wildman–Crippen MR) is 213 cm³/mol. The van der Waals surface area contributed by atoms with Crippen molar-refractivity contribution >= 4 is 35.3 Å². The summed E-state index contributed by atoms with van der Waals surface area (Å²) < 4.78 is 6.33. The molecule has 0 amide bonds. The molecule has 2 aromatic carbocycles. The van der Waals surface area contributed by atoms with E-state index in [4.69, 9.17) is 9.40 Å². The van der Waals surface area contributed by atoms with Gasteiger partial charge < -0.3 is 14.4 Å². The summed E-state index contributed by atoms with van der Waals surface area (Å²) in [6.07, 6.45) is 11.6. The molecule has 0 N–H and O–H groups in total. The first-order valence-electron chi connectivity index (χ1n) is 18.7. The summed E-state index contributed by atoms with van der Waals surface area (Å²) in [7, 11) is -1.34. The van der Waals surface area contributed by atoms with E-state index in [1.807, 2.05) is 30.5 Å². The van der Waals surface area contributed by atoms with E-state index < -0.39 is 8.07 Å². The van der Waals surface area contributed by atoms with Crippen LogP contribution in [0.4, 0.5) is 0 Å². The van der Waals surface area contributed by atoms with Crippen LogP contribution < -0.4 is 5.19 Å². The number of pyridine rings is 3. The van der Waals surface area contributed by atoms with Crippen LogP contribution in [-0.2, 0) is 26.5 Å². The second kappa shape index (κ2) is 16.9. The molecule has 4 heterocycles. The summed E-state index contributed by atoms with van der Waals surface area (Å²) in [5.41, 5.74) is 9.49. The van der Waals surface area contributed by atoms with Crippen molar-refractivity contribution < 1.29 is 24.5 Å². The Morgan fingerprint density at radius 1 is 0.824 bits per heavy atom. The van der Waals surface area contributed by atoms with E-state index in [9.17, 15) is 0 Å². The second-order valence-electron chi connectivity index (χ2n) is 16.0. The van der Waals surface area contributed by atoms with Crippen LogP contribution >= 0.6 is 0 Å². The number of hydrogen-bond donors (Lipinski definition) is 0. The summed E-state index contributed by atoms with van der Waals surface area (Å²) in [4.78, 5) is 14.3. The molecule has 7 rings (SSSR count). The third-order valence-electron chi connectivity index (χ3n) is 10.3. The second-order valence-corrected chi connectivity index (χ2v) is 21.0. The molecule has 0 saturated heterocycles. The Kier molecular flexibility index (Phi) is 12.9. The molecular formula is C45H53IrN3OSi-2. The molecule has 0 aliphatic heterocycles. The molecule has 1 aliphatic rings. The van der Waals surface area contributed by atoms with Gasteiger partial charge in [-0.25, -0.2) is 4.98 Å². The van der Waals surface area contributed by atoms with Gasteiger partial charge in [0.05, 0.1) is 13.7 Å². The van der Waals surface area contributed by atoms with Crippen molar-refractivity contribution in [2.75, 3.05) is 0 Å². The first-order chi connectivity index (χ1) is 24.0. The van der Waals surface area contributed by atoms with E-state index in [0.717, 1.165) is 51.0 Å². The van der Waals surface area contributed by atoms with Crippen LogP contribution in [0.2, 0.25) is 19.6 Å². The van der Waals surface area contributed by atoms with Gasteiger partial charge in [-0.1, -0.05) is 108 Å². The fraction of sp³-hybridized carbons (Fsp3) is 0.400. The van der Waals surface area contributed by atoms with Gasteiger partial charge in [-0.05, 0) is 71.8 Å². The van der Waals surface area contributed by atoms with Gasteiger partial charge >= 0.3 is 0 Å². The summed E-state index contributed by atoms with van der Waals surface area (Å²) in [6, 6.07) is 29.7. The molecule has 1 saturated carbocycles. The zero-order valence-corrected chi connectivity index (χ0v) is 35.0. The molecule has 6 heteroatoms. The Hall–Kier alpha value is -3.44. The Morgan fingerprint density at radius 3 is 2.29 bits per heavy atom. The normalized spacial score (nSPS) is 14.4. The van der Waals surface area contributed by atoms with Crippen molar-refractivity contribution in [3.8, 4) is 22.5 Å². The average Bonchev–Trinajstić information content (AvgIpc) is 3.50. The first-order valence-corrected chi connectivity index (χ1v) is 22.2. The fourth-order valence-corrected chi connectivity index (χ4v) is 8.77. The van der Waals surface area contributed by atoms with Crippen molar-refractivity contribution in [1.82, 2.24) is 15.0 Å². The molecule has 1 unspecified atom stereocenters. The number of rotatable bonds is 8. The van der Waals surface area contributed by atoms with Gasteiger partial charge in [0, 0.05) is 49.5 Å². The van der Waals surface area contributed by atoms with E-state index in [-0.39, 0.29) is 20.1 Å². The van der Waals surface area contributed by atoms with Crippen molar-refractivity contribution in [2.45, 2.75) is 105 Å². The van der Waals surface area contributed by atoms with E-state index in [2.05, 4.69) is 125 Å². The van der Waals surface area contributed by atoms with Crippen LogP contribution in [0, 0.1) is 24.0 Å². The number of nitrogens with zero attached hydrogens (tertiary/aromatic N) is 3. The number of fused-ring (bicyclic) bond motifs is 3. The quantitative estimate of drug-likeness (QED) is 0.113. The largest absolute Gasteiger partial charge is 0.486 e. The average molecular weight is 872 g/mol. The van der Waals surface area contributed by atoms with Crippen molar-refractivity contribution in [2.24, 2.45) is 11.8 Å². The van der Waals surface area contributed by atoms with Gasteiger partial charge in [-0.15, -0.1) is 54.1 Å². The van der Waals surface area contributed by atoms with Gasteiger partial charge in [0.2, 0.25) is 5.71 Å². The van der Waals surface area contributed by atoms with Crippen LogP contribution in [0.1, 0.15) is 95.4 Å². The van der Waals surface area contributed by atoms with E-state index in [0.29, 0.717) is 23.7 Å². The van der Waals surface area contributed by atoms with E-state index >= 15 is 0 Å². The van der Waals surface area contributed by atoms with Crippen LogP contribution in [0.5, 0.6) is 0 Å². The molecule has 6 aromatic rings. The molecule has 4 aromatic heterocycles. The van der Waals surface area contributed by atoms with Crippen LogP contribution in [0.15, 0.2) is 83.5 Å². The number of hydrogen-bond acceptors (Lipinski definition) is 4. The first kappa shape index (κ1) is 38.8. The number of benzene rings is 2. The molecule has 0 bridgehead atoms. The van der Waals surface area contributed by atoms with E-state index in [1.54, 1.807) is 0 Å². The van der Waals surface area contributed by atoms with Crippen molar-refractivity contribution in [1.29, 1.82) is 0 Å². The van der Waals surface area contributed by atoms with Crippen LogP contribution in [0.25, 0.3) is 44.6 Å². The van der Waals surface area contributed by atoms with Gasteiger partial charge in [0.15, 0.2) is 0 Å². The Morgan fingerprint density at radius 2 is 1.61 bits per heavy atom.